The molecule has 144 valence electrons. The minimum Gasteiger partial charge on any atom is -0.493 e. The van der Waals surface area contributed by atoms with Gasteiger partial charge in [0.2, 0.25) is 4.96 Å². The van der Waals surface area contributed by atoms with Crippen molar-refractivity contribution in [2.45, 2.75) is 19.8 Å². The summed E-state index contributed by atoms with van der Waals surface area (Å²) in [5.41, 5.74) is 0.692. The largest absolute Gasteiger partial charge is 0.493 e. The minimum absolute atomic E-state index is 0.169. The summed E-state index contributed by atoms with van der Waals surface area (Å²) < 4.78 is 13.1. The van der Waals surface area contributed by atoms with Crippen LogP contribution in [0, 0.1) is 0 Å². The van der Waals surface area contributed by atoms with Crippen molar-refractivity contribution >= 4 is 33.7 Å². The number of unbranched alkanes of at least 4 members (excludes halogenated alkanes) is 1. The van der Waals surface area contributed by atoms with E-state index in [1.807, 2.05) is 41.8 Å². The number of hydrogen-bond donors (Lipinski definition) is 0. The van der Waals surface area contributed by atoms with Gasteiger partial charge < -0.3 is 9.47 Å². The van der Waals surface area contributed by atoms with E-state index in [9.17, 15) is 4.79 Å². The molecule has 0 amide bonds. The highest BCUT2D eigenvalue weighted by Crippen LogP contribution is 2.28. The lowest BCUT2D eigenvalue weighted by molar-refractivity contribution is 0.288. The van der Waals surface area contributed by atoms with E-state index in [-0.39, 0.29) is 5.56 Å². The van der Waals surface area contributed by atoms with E-state index in [4.69, 9.17) is 9.47 Å². The molecule has 28 heavy (non-hydrogen) atoms. The smallest absolute Gasteiger partial charge is 0.291 e. The highest BCUT2D eigenvalue weighted by Gasteiger charge is 2.13. The summed E-state index contributed by atoms with van der Waals surface area (Å²) in [6.45, 7) is 2.77. The molecular formula is C20H19N3O3S2. The van der Waals surface area contributed by atoms with Crippen LogP contribution in [0.5, 0.6) is 11.5 Å². The van der Waals surface area contributed by atoms with Crippen LogP contribution >= 0.6 is 22.7 Å². The number of fused-ring (bicyclic) bond motifs is 1. The Hall–Kier alpha value is -2.71. The van der Waals surface area contributed by atoms with E-state index in [2.05, 4.69) is 17.0 Å². The van der Waals surface area contributed by atoms with Crippen LogP contribution in [0.15, 0.2) is 40.5 Å². The Morgan fingerprint density at radius 1 is 1.25 bits per heavy atom. The van der Waals surface area contributed by atoms with E-state index in [1.54, 1.807) is 18.4 Å². The molecule has 0 unspecified atom stereocenters. The van der Waals surface area contributed by atoms with Crippen LogP contribution in [0.2, 0.25) is 0 Å². The van der Waals surface area contributed by atoms with Crippen LogP contribution in [0.1, 0.15) is 25.3 Å². The van der Waals surface area contributed by atoms with Crippen molar-refractivity contribution in [3.05, 3.63) is 56.2 Å². The molecule has 0 bridgehead atoms. The second-order valence-corrected chi connectivity index (χ2v) is 8.09. The first-order valence-electron chi connectivity index (χ1n) is 8.95. The zero-order valence-electron chi connectivity index (χ0n) is 15.5. The molecule has 4 rings (SSSR count). The number of hydrogen-bond acceptors (Lipinski definition) is 7. The molecule has 0 aliphatic heterocycles. The number of benzene rings is 1. The van der Waals surface area contributed by atoms with Crippen LogP contribution < -0.4 is 19.6 Å². The Kier molecular flexibility index (Phi) is 5.40. The average Bonchev–Trinajstić information content (AvgIpc) is 3.42. The van der Waals surface area contributed by atoms with Crippen LogP contribution in [-0.4, -0.2) is 28.3 Å². The Bertz CT molecular complexity index is 1200. The third kappa shape index (κ3) is 3.65. The Morgan fingerprint density at radius 2 is 2.14 bits per heavy atom. The SMILES string of the molecule is CCCCOc1ccc(/C=c2/sc3nc(-c4cccs4)nn3c2=O)cc1OC. The molecule has 0 radical (unpaired) electrons. The van der Waals surface area contributed by atoms with Crippen LogP contribution in [0.3, 0.4) is 0 Å². The topological polar surface area (TPSA) is 65.7 Å². The lowest BCUT2D eigenvalue weighted by atomic mass is 10.2. The molecule has 1 aromatic carbocycles. The van der Waals surface area contributed by atoms with E-state index in [0.717, 1.165) is 23.3 Å². The average molecular weight is 414 g/mol. The highest BCUT2D eigenvalue weighted by molar-refractivity contribution is 7.15. The molecule has 4 aromatic rings. The summed E-state index contributed by atoms with van der Waals surface area (Å²) in [6, 6.07) is 9.54. The van der Waals surface area contributed by atoms with Crippen molar-refractivity contribution in [1.82, 2.24) is 14.6 Å². The number of thiazole rings is 1. The normalized spacial score (nSPS) is 12.0. The van der Waals surface area contributed by atoms with Gasteiger partial charge in [0.05, 0.1) is 23.1 Å². The summed E-state index contributed by atoms with van der Waals surface area (Å²) in [6.07, 6.45) is 3.89. The highest BCUT2D eigenvalue weighted by atomic mass is 32.1. The van der Waals surface area contributed by atoms with Crippen LogP contribution in [0.4, 0.5) is 0 Å². The van der Waals surface area contributed by atoms with Gasteiger partial charge in [0, 0.05) is 0 Å². The zero-order chi connectivity index (χ0) is 19.5. The number of nitrogens with zero attached hydrogens (tertiary/aromatic N) is 3. The molecule has 0 atom stereocenters. The molecule has 6 nitrogen and oxygen atoms in total. The Balaban J connectivity index is 1.66. The van der Waals surface area contributed by atoms with Crippen LogP contribution in [0.25, 0.3) is 21.7 Å². The van der Waals surface area contributed by atoms with Gasteiger partial charge in [-0.2, -0.15) is 9.50 Å². The second-order valence-electron chi connectivity index (χ2n) is 6.14. The summed E-state index contributed by atoms with van der Waals surface area (Å²) in [7, 11) is 1.61. The fourth-order valence-electron chi connectivity index (χ4n) is 2.71. The molecule has 0 spiro atoms. The molecular weight excluding hydrogens is 394 g/mol. The molecule has 0 N–H and O–H groups in total. The summed E-state index contributed by atoms with van der Waals surface area (Å²) in [5, 5.41) is 6.32. The zero-order valence-corrected chi connectivity index (χ0v) is 17.2. The van der Waals surface area contributed by atoms with E-state index in [0.29, 0.717) is 33.4 Å². The molecule has 0 aliphatic rings. The third-order valence-electron chi connectivity index (χ3n) is 4.16. The minimum atomic E-state index is -0.169. The van der Waals surface area contributed by atoms with Crippen LogP contribution in [-0.2, 0) is 0 Å². The molecule has 0 aliphatic carbocycles. The quantitative estimate of drug-likeness (QED) is 0.433. The van der Waals surface area contributed by atoms with Gasteiger partial charge >= 0.3 is 0 Å². The molecule has 3 heterocycles. The first kappa shape index (κ1) is 18.6. The maximum Gasteiger partial charge on any atom is 0.291 e. The standard InChI is InChI=1S/C20H19N3O3S2/c1-3-4-9-26-14-8-7-13(11-15(14)25-2)12-17-19(24)23-20(28-17)21-18(22-23)16-6-5-10-27-16/h5-8,10-12H,3-4,9H2,1-2H3/b17-12+. The van der Waals surface area contributed by atoms with Gasteiger partial charge in [-0.25, -0.2) is 0 Å². The van der Waals surface area contributed by atoms with Gasteiger partial charge in [0.25, 0.3) is 5.56 Å². The molecule has 8 heteroatoms. The number of ether oxygens (including phenoxy) is 2. The predicted octanol–water partition coefficient (Wildman–Crippen LogP) is 3.61. The van der Waals surface area contributed by atoms with E-state index < -0.39 is 0 Å². The number of thiophene rings is 1. The van der Waals surface area contributed by atoms with Crippen molar-refractivity contribution in [2.24, 2.45) is 0 Å². The number of methoxy groups -OCH3 is 1. The molecule has 0 saturated heterocycles. The molecule has 0 saturated carbocycles. The van der Waals surface area contributed by atoms with Crippen molar-refractivity contribution in [3.63, 3.8) is 0 Å². The predicted molar refractivity (Wildman–Crippen MR) is 113 cm³/mol. The lowest BCUT2D eigenvalue weighted by Gasteiger charge is -2.10. The maximum absolute atomic E-state index is 12.7. The van der Waals surface area contributed by atoms with Crippen molar-refractivity contribution in [1.29, 1.82) is 0 Å². The fourth-order valence-corrected chi connectivity index (χ4v) is 4.28. The summed E-state index contributed by atoms with van der Waals surface area (Å²) >= 11 is 2.88. The summed E-state index contributed by atoms with van der Waals surface area (Å²) in [4.78, 5) is 18.7. The number of rotatable bonds is 7. The van der Waals surface area contributed by atoms with Gasteiger partial charge in [-0.15, -0.1) is 16.4 Å². The van der Waals surface area contributed by atoms with Gasteiger partial charge in [-0.1, -0.05) is 36.8 Å². The summed E-state index contributed by atoms with van der Waals surface area (Å²) in [5.74, 6) is 1.94. The van der Waals surface area contributed by atoms with E-state index >= 15 is 0 Å². The Morgan fingerprint density at radius 3 is 2.86 bits per heavy atom. The Labute approximate surface area is 169 Å². The second kappa shape index (κ2) is 8.12. The van der Waals surface area contributed by atoms with Gasteiger partial charge in [0.1, 0.15) is 0 Å². The lowest BCUT2D eigenvalue weighted by Crippen LogP contribution is -2.23. The van der Waals surface area contributed by atoms with Gasteiger partial charge in [-0.3, -0.25) is 4.79 Å². The fraction of sp³-hybridized carbons (Fsp3) is 0.250. The third-order valence-corrected chi connectivity index (χ3v) is 5.99. The van der Waals surface area contributed by atoms with E-state index in [1.165, 1.54) is 15.9 Å². The number of aromatic nitrogens is 3. The first-order valence-corrected chi connectivity index (χ1v) is 10.6. The van der Waals surface area contributed by atoms with Crippen molar-refractivity contribution < 1.29 is 9.47 Å². The first-order chi connectivity index (χ1) is 13.7. The monoisotopic (exact) mass is 413 g/mol. The van der Waals surface area contributed by atoms with Gasteiger partial charge in [0.15, 0.2) is 17.3 Å². The molecule has 3 aromatic heterocycles. The molecule has 0 fully saturated rings. The van der Waals surface area contributed by atoms with Crippen molar-refractivity contribution in [2.75, 3.05) is 13.7 Å². The maximum atomic E-state index is 12.7. The van der Waals surface area contributed by atoms with Gasteiger partial charge in [-0.05, 0) is 41.6 Å². The van der Waals surface area contributed by atoms with Crippen molar-refractivity contribution in [3.8, 4) is 22.2 Å².